The van der Waals surface area contributed by atoms with Crippen LogP contribution in [-0.4, -0.2) is 79.8 Å². The summed E-state index contributed by atoms with van der Waals surface area (Å²) in [6.45, 7) is 0.758. The molecule has 228 valence electrons. The third-order valence-electron chi connectivity index (χ3n) is 6.47. The van der Waals surface area contributed by atoms with Crippen LogP contribution >= 0.6 is 22.7 Å². The van der Waals surface area contributed by atoms with Gasteiger partial charge in [0, 0.05) is 48.0 Å². The largest absolute Gasteiger partial charge is 0.493 e. The minimum Gasteiger partial charge on any atom is -0.493 e. The number of ketones is 1. The molecular formula is C30H31NO10S2. The molecule has 0 spiro atoms. The third-order valence-corrected chi connectivity index (χ3v) is 8.69. The van der Waals surface area contributed by atoms with E-state index in [2.05, 4.69) is 0 Å². The average Bonchev–Trinajstić information content (AvgIpc) is 3.60. The van der Waals surface area contributed by atoms with Gasteiger partial charge < -0.3 is 34.1 Å². The van der Waals surface area contributed by atoms with Gasteiger partial charge in [-0.1, -0.05) is 0 Å². The molecule has 1 amide bonds. The number of carboxylic acids is 2. The van der Waals surface area contributed by atoms with Crippen molar-refractivity contribution in [2.24, 2.45) is 0 Å². The van der Waals surface area contributed by atoms with E-state index < -0.39 is 11.9 Å². The summed E-state index contributed by atoms with van der Waals surface area (Å²) in [7, 11) is 4.64. The summed E-state index contributed by atoms with van der Waals surface area (Å²) in [5, 5.41) is 19.4. The number of methoxy groups -OCH3 is 2. The molecule has 0 atom stereocenters. The maximum absolute atomic E-state index is 12.7. The lowest BCUT2D eigenvalue weighted by Gasteiger charge is -2.14. The number of aliphatic carboxylic acids is 2. The van der Waals surface area contributed by atoms with E-state index in [1.54, 1.807) is 31.3 Å². The second-order valence-electron chi connectivity index (χ2n) is 9.54. The summed E-state index contributed by atoms with van der Waals surface area (Å²) < 4.78 is 24.6. The number of carbonyl (C=O) groups excluding carboxylic acids is 2. The molecule has 0 saturated carbocycles. The zero-order valence-corrected chi connectivity index (χ0v) is 25.5. The van der Waals surface area contributed by atoms with Crippen molar-refractivity contribution in [3.05, 3.63) is 46.2 Å². The van der Waals surface area contributed by atoms with Crippen LogP contribution in [0.4, 0.5) is 0 Å². The fourth-order valence-corrected chi connectivity index (χ4v) is 6.31. The Labute approximate surface area is 255 Å². The smallest absolute Gasteiger partial charge is 0.305 e. The first kappa shape index (κ1) is 31.6. The predicted octanol–water partition coefficient (Wildman–Crippen LogP) is 5.58. The Morgan fingerprint density at radius 3 is 1.81 bits per heavy atom. The van der Waals surface area contributed by atoms with E-state index in [1.165, 1.54) is 41.8 Å². The van der Waals surface area contributed by atoms with Crippen LogP contribution in [0.5, 0.6) is 23.0 Å². The molecule has 0 radical (unpaired) electrons. The molecule has 2 heterocycles. The predicted molar refractivity (Wildman–Crippen MR) is 163 cm³/mol. The van der Waals surface area contributed by atoms with E-state index in [0.717, 1.165) is 20.2 Å². The van der Waals surface area contributed by atoms with Crippen LogP contribution in [0.2, 0.25) is 0 Å². The highest BCUT2D eigenvalue weighted by Crippen LogP contribution is 2.38. The lowest BCUT2D eigenvalue weighted by Crippen LogP contribution is -2.28. The van der Waals surface area contributed by atoms with Crippen LogP contribution in [0.1, 0.15) is 45.0 Å². The Balaban J connectivity index is 1.37. The Bertz CT molecular complexity index is 1660. The molecule has 0 bridgehead atoms. The molecule has 4 aromatic rings. The first-order chi connectivity index (χ1) is 20.6. The molecular weight excluding hydrogens is 598 g/mol. The topological polar surface area (TPSA) is 149 Å². The summed E-state index contributed by atoms with van der Waals surface area (Å²) in [6.07, 6.45) is 0.135. The quantitative estimate of drug-likeness (QED) is 0.119. The number of thiophene rings is 2. The van der Waals surface area contributed by atoms with Gasteiger partial charge >= 0.3 is 11.9 Å². The molecule has 0 fully saturated rings. The van der Waals surface area contributed by atoms with Crippen molar-refractivity contribution in [1.82, 2.24) is 4.90 Å². The molecule has 0 aliphatic heterocycles. The molecule has 2 N–H and O–H groups in total. The van der Waals surface area contributed by atoms with Crippen molar-refractivity contribution in [3.63, 3.8) is 0 Å². The SMILES string of the molecule is COc1cc2sc(C(=O)N(C)CCC(=O)O)cc2cc1OCCCOc1cc2sc(C(=O)CCC(=O)O)cc2cc1OC. The zero-order chi connectivity index (χ0) is 31.1. The summed E-state index contributed by atoms with van der Waals surface area (Å²) in [4.78, 5) is 49.1. The minimum absolute atomic E-state index is 0.0575. The van der Waals surface area contributed by atoms with Gasteiger partial charge in [0.05, 0.1) is 50.0 Å². The molecule has 0 saturated heterocycles. The minimum atomic E-state index is -1.01. The monoisotopic (exact) mass is 629 g/mol. The number of nitrogens with zero attached hydrogens (tertiary/aromatic N) is 1. The third kappa shape index (κ3) is 7.93. The Morgan fingerprint density at radius 2 is 1.21 bits per heavy atom. The summed E-state index contributed by atoms with van der Waals surface area (Å²) in [5.41, 5.74) is 0. The zero-order valence-electron chi connectivity index (χ0n) is 23.8. The Kier molecular flexibility index (Phi) is 10.4. The fraction of sp³-hybridized carbons (Fsp3) is 0.333. The first-order valence-corrected chi connectivity index (χ1v) is 14.9. The van der Waals surface area contributed by atoms with Crippen molar-refractivity contribution in [2.45, 2.75) is 25.7 Å². The maximum Gasteiger partial charge on any atom is 0.305 e. The van der Waals surface area contributed by atoms with Crippen LogP contribution in [0.15, 0.2) is 36.4 Å². The van der Waals surface area contributed by atoms with E-state index in [9.17, 15) is 19.2 Å². The molecule has 0 aliphatic carbocycles. The van der Waals surface area contributed by atoms with E-state index in [1.807, 2.05) is 12.1 Å². The van der Waals surface area contributed by atoms with Crippen LogP contribution in [0, 0.1) is 0 Å². The Hall–Kier alpha value is -4.36. The molecule has 2 aromatic heterocycles. The van der Waals surface area contributed by atoms with Crippen molar-refractivity contribution in [1.29, 1.82) is 0 Å². The number of Topliss-reactive ketones (excluding diaryl/α,β-unsaturated/α-hetero) is 1. The summed E-state index contributed by atoms with van der Waals surface area (Å²) in [5.74, 6) is -0.378. The van der Waals surface area contributed by atoms with E-state index in [0.29, 0.717) is 52.4 Å². The highest BCUT2D eigenvalue weighted by molar-refractivity contribution is 7.21. The molecule has 13 heteroatoms. The van der Waals surface area contributed by atoms with Crippen LogP contribution in [0.3, 0.4) is 0 Å². The summed E-state index contributed by atoms with van der Waals surface area (Å²) in [6, 6.07) is 10.7. The second kappa shape index (κ2) is 14.2. The van der Waals surface area contributed by atoms with Gasteiger partial charge in [0.15, 0.2) is 28.8 Å². The number of hydrogen-bond donors (Lipinski definition) is 2. The maximum atomic E-state index is 12.7. The number of ether oxygens (including phenoxy) is 4. The highest BCUT2D eigenvalue weighted by Gasteiger charge is 2.18. The van der Waals surface area contributed by atoms with Crippen molar-refractivity contribution >= 4 is 66.5 Å². The molecule has 2 aromatic carbocycles. The van der Waals surface area contributed by atoms with E-state index in [4.69, 9.17) is 29.2 Å². The fourth-order valence-electron chi connectivity index (χ4n) is 4.20. The van der Waals surface area contributed by atoms with Gasteiger partial charge in [-0.05, 0) is 35.0 Å². The van der Waals surface area contributed by atoms with Gasteiger partial charge in [-0.15, -0.1) is 22.7 Å². The van der Waals surface area contributed by atoms with Crippen molar-refractivity contribution < 1.29 is 48.3 Å². The van der Waals surface area contributed by atoms with Gasteiger partial charge in [-0.3, -0.25) is 19.2 Å². The molecule has 11 nitrogen and oxygen atoms in total. The van der Waals surface area contributed by atoms with Gasteiger partial charge in [-0.2, -0.15) is 0 Å². The first-order valence-electron chi connectivity index (χ1n) is 13.3. The van der Waals surface area contributed by atoms with Gasteiger partial charge in [-0.25, -0.2) is 0 Å². The van der Waals surface area contributed by atoms with Gasteiger partial charge in [0.25, 0.3) is 5.91 Å². The van der Waals surface area contributed by atoms with Gasteiger partial charge in [0.2, 0.25) is 0 Å². The van der Waals surface area contributed by atoms with Crippen molar-refractivity contribution in [2.75, 3.05) is 41.0 Å². The van der Waals surface area contributed by atoms with E-state index >= 15 is 0 Å². The number of amides is 1. The number of benzene rings is 2. The summed E-state index contributed by atoms with van der Waals surface area (Å²) >= 11 is 2.58. The van der Waals surface area contributed by atoms with Crippen LogP contribution in [0.25, 0.3) is 20.2 Å². The van der Waals surface area contributed by atoms with Crippen molar-refractivity contribution in [3.8, 4) is 23.0 Å². The average molecular weight is 630 g/mol. The van der Waals surface area contributed by atoms with Gasteiger partial charge in [0.1, 0.15) is 0 Å². The molecule has 4 rings (SSSR count). The number of hydrogen-bond acceptors (Lipinski definition) is 10. The lowest BCUT2D eigenvalue weighted by molar-refractivity contribution is -0.138. The van der Waals surface area contributed by atoms with Crippen LogP contribution < -0.4 is 18.9 Å². The number of rotatable bonds is 16. The molecule has 0 aliphatic rings. The van der Waals surface area contributed by atoms with Crippen LogP contribution in [-0.2, 0) is 9.59 Å². The second-order valence-corrected chi connectivity index (χ2v) is 11.7. The number of carbonyl (C=O) groups is 4. The number of fused-ring (bicyclic) bond motifs is 2. The lowest BCUT2D eigenvalue weighted by atomic mass is 10.1. The highest BCUT2D eigenvalue weighted by atomic mass is 32.1. The molecule has 43 heavy (non-hydrogen) atoms. The standard InChI is InChI=1S/C30H31NO10S2/c1-31(8-7-29(35)36)30(37)27-14-18-12-22(21(39-3)15-24(18)43-27)40-9-4-10-41-23-16-25-17(11-20(23)38-2)13-26(42-25)19(32)5-6-28(33)34/h11-16H,4-10H2,1-3H3,(H,33,34)(H,35,36). The van der Waals surface area contributed by atoms with E-state index in [-0.39, 0.29) is 37.5 Å². The normalized spacial score (nSPS) is 11.0. The Morgan fingerprint density at radius 1 is 0.698 bits per heavy atom. The number of carboxylic acid groups (broad SMARTS) is 2. The molecule has 0 unspecified atom stereocenters.